The van der Waals surface area contributed by atoms with E-state index in [4.69, 9.17) is 0 Å². The van der Waals surface area contributed by atoms with Crippen molar-refractivity contribution < 1.29 is 0 Å². The average Bonchev–Trinajstić information content (AvgIpc) is 1.98. The Bertz CT molecular complexity index is 86.7. The van der Waals surface area contributed by atoms with Gasteiger partial charge in [0.15, 0.2) is 0 Å². The second-order valence-electron chi connectivity index (χ2n) is 2.72. The maximum atomic E-state index is 4.03. The van der Waals surface area contributed by atoms with E-state index in [9.17, 15) is 0 Å². The number of hydrogen-bond donors (Lipinski definition) is 0. The molecule has 0 heterocycles. The topological polar surface area (TPSA) is 12.4 Å². The van der Waals surface area contributed by atoms with Gasteiger partial charge in [-0.15, -0.1) is 0 Å². The van der Waals surface area contributed by atoms with Crippen LogP contribution in [0, 0.1) is 5.92 Å². The van der Waals surface area contributed by atoms with Crippen LogP contribution < -0.4 is 0 Å². The lowest BCUT2D eigenvalue weighted by Crippen LogP contribution is -1.99. The largest absolute Gasteiger partial charge is 0.301 e. The molecule has 0 aromatic rings. The summed E-state index contributed by atoms with van der Waals surface area (Å²) in [5.74, 6) is 0.727. The number of hydrogen-bond acceptors (Lipinski definition) is 1. The quantitative estimate of drug-likeness (QED) is 0.522. The molecule has 60 valence electrons. The Kier molecular flexibility index (Phi) is 6.56. The zero-order valence-electron chi connectivity index (χ0n) is 7.43. The Balaban J connectivity index is 3.39. The van der Waals surface area contributed by atoms with Gasteiger partial charge in [0.05, 0.1) is 0 Å². The predicted molar refractivity (Wildman–Crippen MR) is 47.7 cm³/mol. The first kappa shape index (κ1) is 9.67. The highest BCUT2D eigenvalue weighted by Gasteiger charge is 1.99. The van der Waals surface area contributed by atoms with Crippen LogP contribution in [0.15, 0.2) is 4.99 Å². The van der Waals surface area contributed by atoms with Gasteiger partial charge in [0.1, 0.15) is 0 Å². The molecule has 0 N–H and O–H groups in total. The van der Waals surface area contributed by atoms with E-state index in [0.29, 0.717) is 0 Å². The fourth-order valence-electron chi connectivity index (χ4n) is 1.06. The summed E-state index contributed by atoms with van der Waals surface area (Å²) in [6.45, 7) is 4.46. The van der Waals surface area contributed by atoms with E-state index in [2.05, 4.69) is 25.1 Å². The van der Waals surface area contributed by atoms with Crippen LogP contribution in [-0.2, 0) is 0 Å². The van der Waals surface area contributed by atoms with Crippen molar-refractivity contribution in [3.05, 3.63) is 0 Å². The molecule has 1 nitrogen and oxygen atoms in total. The highest BCUT2D eigenvalue weighted by atomic mass is 14.6. The number of nitrogens with zero attached hydrogens (tertiary/aromatic N) is 1. The van der Waals surface area contributed by atoms with Crippen molar-refractivity contribution in [2.75, 3.05) is 7.05 Å². The van der Waals surface area contributed by atoms with E-state index in [-0.39, 0.29) is 0 Å². The van der Waals surface area contributed by atoms with Crippen LogP contribution in [0.2, 0.25) is 0 Å². The summed E-state index contributed by atoms with van der Waals surface area (Å²) < 4.78 is 0. The number of unbranched alkanes of at least 4 members (excludes halogenated alkanes) is 1. The predicted octanol–water partition coefficient (Wildman–Crippen LogP) is 2.90. The molecule has 0 aliphatic carbocycles. The normalized spacial score (nSPS) is 14.3. The fourth-order valence-corrected chi connectivity index (χ4v) is 1.06. The van der Waals surface area contributed by atoms with Crippen LogP contribution >= 0.6 is 0 Å². The van der Waals surface area contributed by atoms with Crippen molar-refractivity contribution in [2.45, 2.75) is 39.5 Å². The van der Waals surface area contributed by atoms with E-state index in [1.54, 1.807) is 0 Å². The van der Waals surface area contributed by atoms with Crippen LogP contribution in [0.25, 0.3) is 0 Å². The molecule has 10 heavy (non-hydrogen) atoms. The minimum Gasteiger partial charge on any atom is -0.301 e. The Morgan fingerprint density at radius 2 is 2.10 bits per heavy atom. The van der Waals surface area contributed by atoms with E-state index >= 15 is 0 Å². The smallest absolute Gasteiger partial charge is 0.0273 e. The van der Waals surface area contributed by atoms with E-state index in [0.717, 1.165) is 5.92 Å². The summed E-state index contributed by atoms with van der Waals surface area (Å²) >= 11 is 0. The van der Waals surface area contributed by atoms with E-state index in [1.165, 1.54) is 25.7 Å². The van der Waals surface area contributed by atoms with Gasteiger partial charge in [-0.2, -0.15) is 0 Å². The molecule has 0 amide bonds. The molecule has 0 rings (SSSR count). The molecule has 1 heteroatoms. The summed E-state index contributed by atoms with van der Waals surface area (Å²) in [6, 6.07) is 0. The molecule has 0 saturated carbocycles. The molecule has 0 aromatic carbocycles. The van der Waals surface area contributed by atoms with Crippen LogP contribution in [0.4, 0.5) is 0 Å². The third kappa shape index (κ3) is 4.54. The van der Waals surface area contributed by atoms with Crippen molar-refractivity contribution in [2.24, 2.45) is 10.9 Å². The molecule has 0 radical (unpaired) electrons. The molecule has 0 aliphatic heterocycles. The van der Waals surface area contributed by atoms with E-state index in [1.807, 2.05) is 7.05 Å². The fraction of sp³-hybridized carbons (Fsp3) is 0.889. The highest BCUT2D eigenvalue weighted by molar-refractivity contribution is 5.60. The molecule has 0 saturated heterocycles. The van der Waals surface area contributed by atoms with Crippen molar-refractivity contribution in [3.63, 3.8) is 0 Å². The molecular weight excluding hydrogens is 122 g/mol. The summed E-state index contributed by atoms with van der Waals surface area (Å²) in [6.07, 6.45) is 7.26. The zero-order chi connectivity index (χ0) is 7.82. The Morgan fingerprint density at radius 1 is 1.40 bits per heavy atom. The van der Waals surface area contributed by atoms with Gasteiger partial charge in [0.2, 0.25) is 0 Å². The third-order valence-corrected chi connectivity index (χ3v) is 1.81. The summed E-state index contributed by atoms with van der Waals surface area (Å²) in [5, 5.41) is 0. The monoisotopic (exact) mass is 141 g/mol. The zero-order valence-corrected chi connectivity index (χ0v) is 7.43. The maximum Gasteiger partial charge on any atom is 0.0273 e. The molecule has 0 bridgehead atoms. The SMILES string of the molecule is CCCCC(/C=N/C)CC. The maximum absolute atomic E-state index is 4.03. The van der Waals surface area contributed by atoms with Gasteiger partial charge < -0.3 is 4.99 Å². The van der Waals surface area contributed by atoms with E-state index < -0.39 is 0 Å². The minimum absolute atomic E-state index is 0.727. The molecule has 0 aromatic heterocycles. The van der Waals surface area contributed by atoms with Gasteiger partial charge in [-0.25, -0.2) is 0 Å². The van der Waals surface area contributed by atoms with Crippen LogP contribution in [0.3, 0.4) is 0 Å². The average molecular weight is 141 g/mol. The van der Waals surface area contributed by atoms with Crippen LogP contribution in [-0.4, -0.2) is 13.3 Å². The lowest BCUT2D eigenvalue weighted by molar-refractivity contribution is 0.576. The van der Waals surface area contributed by atoms with Gasteiger partial charge in [-0.05, 0) is 18.8 Å². The number of aliphatic imine (C=N–C) groups is 1. The molecule has 1 atom stereocenters. The minimum atomic E-state index is 0.727. The highest BCUT2D eigenvalue weighted by Crippen LogP contribution is 2.09. The van der Waals surface area contributed by atoms with Gasteiger partial charge in [-0.1, -0.05) is 26.7 Å². The first-order valence-corrected chi connectivity index (χ1v) is 4.27. The number of rotatable bonds is 5. The molecule has 1 unspecified atom stereocenters. The van der Waals surface area contributed by atoms with Crippen molar-refractivity contribution >= 4 is 6.21 Å². The van der Waals surface area contributed by atoms with Crippen molar-refractivity contribution in [1.82, 2.24) is 0 Å². The van der Waals surface area contributed by atoms with Crippen LogP contribution in [0.5, 0.6) is 0 Å². The van der Waals surface area contributed by atoms with Crippen molar-refractivity contribution in [3.8, 4) is 0 Å². The summed E-state index contributed by atoms with van der Waals surface area (Å²) in [5.41, 5.74) is 0. The molecule has 0 aliphatic rings. The molecule has 0 spiro atoms. The van der Waals surface area contributed by atoms with Gasteiger partial charge in [0, 0.05) is 13.3 Å². The lowest BCUT2D eigenvalue weighted by atomic mass is 10.0. The second-order valence-corrected chi connectivity index (χ2v) is 2.72. The Morgan fingerprint density at radius 3 is 2.50 bits per heavy atom. The summed E-state index contributed by atoms with van der Waals surface area (Å²) in [7, 11) is 1.86. The van der Waals surface area contributed by atoms with Crippen LogP contribution in [0.1, 0.15) is 39.5 Å². The second kappa shape index (κ2) is 6.79. The standard InChI is InChI=1S/C9H19N/c1-4-6-7-9(5-2)8-10-3/h8-9H,4-7H2,1-3H3/b10-8+. The Labute approximate surface area is 64.6 Å². The lowest BCUT2D eigenvalue weighted by Gasteiger charge is -2.06. The Hall–Kier alpha value is -0.330. The van der Waals surface area contributed by atoms with Gasteiger partial charge in [-0.3, -0.25) is 0 Å². The van der Waals surface area contributed by atoms with Crippen molar-refractivity contribution in [1.29, 1.82) is 0 Å². The third-order valence-electron chi connectivity index (χ3n) is 1.81. The first-order chi connectivity index (χ1) is 4.85. The van der Waals surface area contributed by atoms with Gasteiger partial charge in [0.25, 0.3) is 0 Å². The van der Waals surface area contributed by atoms with Gasteiger partial charge >= 0.3 is 0 Å². The summed E-state index contributed by atoms with van der Waals surface area (Å²) in [4.78, 5) is 4.03. The molecular formula is C9H19N. The first-order valence-electron chi connectivity index (χ1n) is 4.27. The molecule has 0 fully saturated rings.